The SMILES string of the molecule is CC[C@H](C)[C@@H](C)NCCC1=CCCCC1. The molecule has 0 amide bonds. The summed E-state index contributed by atoms with van der Waals surface area (Å²) < 4.78 is 0. The topological polar surface area (TPSA) is 12.0 Å². The van der Waals surface area contributed by atoms with Gasteiger partial charge in [-0.1, -0.05) is 31.9 Å². The number of allylic oxidation sites excluding steroid dienone is 1. The van der Waals surface area contributed by atoms with Gasteiger partial charge in [0.2, 0.25) is 0 Å². The first-order valence-electron chi connectivity index (χ1n) is 6.65. The van der Waals surface area contributed by atoms with Crippen LogP contribution in [0.15, 0.2) is 11.6 Å². The average Bonchev–Trinajstić information content (AvgIpc) is 2.29. The number of hydrogen-bond acceptors (Lipinski definition) is 1. The Bertz CT molecular complexity index is 196. The van der Waals surface area contributed by atoms with Crippen molar-refractivity contribution in [2.45, 2.75) is 65.3 Å². The minimum atomic E-state index is 0.666. The first kappa shape index (κ1) is 12.8. The van der Waals surface area contributed by atoms with Crippen molar-refractivity contribution >= 4 is 0 Å². The Kier molecular flexibility index (Phi) is 6.00. The number of nitrogens with one attached hydrogen (secondary N) is 1. The lowest BCUT2D eigenvalue weighted by Gasteiger charge is -2.21. The van der Waals surface area contributed by atoms with Gasteiger partial charge >= 0.3 is 0 Å². The molecule has 1 aliphatic rings. The normalized spacial score (nSPS) is 20.9. The minimum Gasteiger partial charge on any atom is -0.314 e. The van der Waals surface area contributed by atoms with E-state index in [2.05, 4.69) is 32.2 Å². The van der Waals surface area contributed by atoms with Gasteiger partial charge in [-0.3, -0.25) is 0 Å². The van der Waals surface area contributed by atoms with E-state index >= 15 is 0 Å². The maximum Gasteiger partial charge on any atom is 0.00643 e. The molecule has 0 saturated heterocycles. The van der Waals surface area contributed by atoms with Gasteiger partial charge in [-0.05, 0) is 51.5 Å². The van der Waals surface area contributed by atoms with Gasteiger partial charge < -0.3 is 5.32 Å². The van der Waals surface area contributed by atoms with Crippen LogP contribution in [0.2, 0.25) is 0 Å². The van der Waals surface area contributed by atoms with Crippen molar-refractivity contribution in [1.82, 2.24) is 5.32 Å². The van der Waals surface area contributed by atoms with Crippen LogP contribution >= 0.6 is 0 Å². The van der Waals surface area contributed by atoms with E-state index in [4.69, 9.17) is 0 Å². The highest BCUT2D eigenvalue weighted by molar-refractivity contribution is 5.05. The third-order valence-corrected chi connectivity index (χ3v) is 3.79. The monoisotopic (exact) mass is 209 g/mol. The van der Waals surface area contributed by atoms with E-state index < -0.39 is 0 Å². The predicted molar refractivity (Wildman–Crippen MR) is 68.1 cm³/mol. The maximum absolute atomic E-state index is 3.64. The lowest BCUT2D eigenvalue weighted by molar-refractivity contribution is 0.392. The summed E-state index contributed by atoms with van der Waals surface area (Å²) in [5.41, 5.74) is 1.69. The summed E-state index contributed by atoms with van der Waals surface area (Å²) in [5.74, 6) is 0.797. The third kappa shape index (κ3) is 4.83. The molecule has 0 radical (unpaired) electrons. The largest absolute Gasteiger partial charge is 0.314 e. The fourth-order valence-corrected chi connectivity index (χ4v) is 2.15. The van der Waals surface area contributed by atoms with Crippen LogP contribution in [0.5, 0.6) is 0 Å². The fourth-order valence-electron chi connectivity index (χ4n) is 2.15. The summed E-state index contributed by atoms with van der Waals surface area (Å²) in [5, 5.41) is 3.64. The summed E-state index contributed by atoms with van der Waals surface area (Å²) >= 11 is 0. The molecule has 15 heavy (non-hydrogen) atoms. The molecule has 0 aromatic heterocycles. The molecule has 2 atom stereocenters. The lowest BCUT2D eigenvalue weighted by Crippen LogP contribution is -2.32. The van der Waals surface area contributed by atoms with Crippen LogP contribution in [0, 0.1) is 5.92 Å². The third-order valence-electron chi connectivity index (χ3n) is 3.79. The van der Waals surface area contributed by atoms with Crippen LogP contribution in [-0.4, -0.2) is 12.6 Å². The Labute approximate surface area is 95.3 Å². The maximum atomic E-state index is 3.64. The summed E-state index contributed by atoms with van der Waals surface area (Å²) in [6, 6.07) is 0.666. The molecule has 88 valence electrons. The van der Waals surface area contributed by atoms with E-state index in [9.17, 15) is 0 Å². The van der Waals surface area contributed by atoms with E-state index in [0.717, 1.165) is 12.5 Å². The second kappa shape index (κ2) is 7.05. The zero-order chi connectivity index (χ0) is 11.1. The Balaban J connectivity index is 2.12. The summed E-state index contributed by atoms with van der Waals surface area (Å²) in [6.45, 7) is 8.07. The van der Waals surface area contributed by atoms with Gasteiger partial charge in [-0.25, -0.2) is 0 Å². The van der Waals surface area contributed by atoms with Crippen molar-refractivity contribution in [3.63, 3.8) is 0 Å². The van der Waals surface area contributed by atoms with Crippen LogP contribution in [0.1, 0.15) is 59.3 Å². The number of hydrogen-bond donors (Lipinski definition) is 1. The van der Waals surface area contributed by atoms with Crippen molar-refractivity contribution in [2.24, 2.45) is 5.92 Å². The van der Waals surface area contributed by atoms with Crippen molar-refractivity contribution < 1.29 is 0 Å². The Morgan fingerprint density at radius 1 is 1.33 bits per heavy atom. The molecular weight excluding hydrogens is 182 g/mol. The summed E-state index contributed by atoms with van der Waals surface area (Å²) in [7, 11) is 0. The van der Waals surface area contributed by atoms with Crippen LogP contribution < -0.4 is 5.32 Å². The zero-order valence-electron chi connectivity index (χ0n) is 10.7. The standard InChI is InChI=1S/C14H27N/c1-4-12(2)13(3)15-11-10-14-8-6-5-7-9-14/h8,12-13,15H,4-7,9-11H2,1-3H3/t12-,13+/m0/s1. The first-order chi connectivity index (χ1) is 7.24. The highest BCUT2D eigenvalue weighted by Gasteiger charge is 2.09. The highest BCUT2D eigenvalue weighted by Crippen LogP contribution is 2.19. The number of rotatable bonds is 6. The molecule has 1 heteroatoms. The molecule has 0 aromatic carbocycles. The smallest absolute Gasteiger partial charge is 0.00643 e. The first-order valence-corrected chi connectivity index (χ1v) is 6.65. The predicted octanol–water partition coefficient (Wildman–Crippen LogP) is 3.90. The average molecular weight is 209 g/mol. The van der Waals surface area contributed by atoms with E-state index in [1.165, 1.54) is 38.5 Å². The molecule has 1 aliphatic carbocycles. The van der Waals surface area contributed by atoms with Gasteiger partial charge in [0.15, 0.2) is 0 Å². The van der Waals surface area contributed by atoms with Crippen molar-refractivity contribution in [3.05, 3.63) is 11.6 Å². The van der Waals surface area contributed by atoms with Crippen LogP contribution in [0.4, 0.5) is 0 Å². The van der Waals surface area contributed by atoms with Gasteiger partial charge in [0.1, 0.15) is 0 Å². The van der Waals surface area contributed by atoms with Crippen LogP contribution in [-0.2, 0) is 0 Å². The molecular formula is C14H27N. The Morgan fingerprint density at radius 2 is 2.13 bits per heavy atom. The molecule has 0 aliphatic heterocycles. The molecule has 1 rings (SSSR count). The highest BCUT2D eigenvalue weighted by atomic mass is 14.9. The van der Waals surface area contributed by atoms with Crippen molar-refractivity contribution in [1.29, 1.82) is 0 Å². The van der Waals surface area contributed by atoms with Crippen LogP contribution in [0.3, 0.4) is 0 Å². The molecule has 0 bridgehead atoms. The van der Waals surface area contributed by atoms with Crippen molar-refractivity contribution in [3.8, 4) is 0 Å². The molecule has 0 unspecified atom stereocenters. The van der Waals surface area contributed by atoms with Gasteiger partial charge in [0.25, 0.3) is 0 Å². The van der Waals surface area contributed by atoms with Gasteiger partial charge in [0.05, 0.1) is 0 Å². The van der Waals surface area contributed by atoms with E-state index in [0.29, 0.717) is 6.04 Å². The second-order valence-electron chi connectivity index (χ2n) is 4.99. The molecule has 1 N–H and O–H groups in total. The lowest BCUT2D eigenvalue weighted by atomic mass is 9.96. The summed E-state index contributed by atoms with van der Waals surface area (Å²) in [6.07, 6.45) is 10.5. The molecule has 1 nitrogen and oxygen atoms in total. The van der Waals surface area contributed by atoms with Gasteiger partial charge in [0, 0.05) is 6.04 Å². The zero-order valence-corrected chi connectivity index (χ0v) is 10.7. The molecule has 0 saturated carbocycles. The Hall–Kier alpha value is -0.300. The second-order valence-corrected chi connectivity index (χ2v) is 4.99. The van der Waals surface area contributed by atoms with Gasteiger partial charge in [-0.2, -0.15) is 0 Å². The van der Waals surface area contributed by atoms with Crippen LogP contribution in [0.25, 0.3) is 0 Å². The quantitative estimate of drug-likeness (QED) is 0.654. The molecule has 0 fully saturated rings. The molecule has 0 heterocycles. The van der Waals surface area contributed by atoms with Gasteiger partial charge in [-0.15, -0.1) is 0 Å². The minimum absolute atomic E-state index is 0.666. The van der Waals surface area contributed by atoms with E-state index in [1.807, 2.05) is 0 Å². The fraction of sp³-hybridized carbons (Fsp3) is 0.857. The van der Waals surface area contributed by atoms with E-state index in [-0.39, 0.29) is 0 Å². The van der Waals surface area contributed by atoms with Crippen molar-refractivity contribution in [2.75, 3.05) is 6.54 Å². The summed E-state index contributed by atoms with van der Waals surface area (Å²) in [4.78, 5) is 0. The van der Waals surface area contributed by atoms with E-state index in [1.54, 1.807) is 5.57 Å². The molecule has 0 spiro atoms. The molecule has 0 aromatic rings. The Morgan fingerprint density at radius 3 is 2.73 bits per heavy atom.